The Bertz CT molecular complexity index is 405. The fourth-order valence-corrected chi connectivity index (χ4v) is 1.63. The van der Waals surface area contributed by atoms with Gasteiger partial charge in [-0.25, -0.2) is 0 Å². The first-order valence-electron chi connectivity index (χ1n) is 6.06. The molecule has 18 heavy (non-hydrogen) atoms. The molecule has 0 heterocycles. The van der Waals surface area contributed by atoms with Crippen LogP contribution in [0.25, 0.3) is 0 Å². The van der Waals surface area contributed by atoms with Gasteiger partial charge in [-0.05, 0) is 12.5 Å². The van der Waals surface area contributed by atoms with E-state index in [4.69, 9.17) is 4.74 Å². The van der Waals surface area contributed by atoms with Gasteiger partial charge in [-0.3, -0.25) is 10.1 Å². The summed E-state index contributed by atoms with van der Waals surface area (Å²) in [6.07, 6.45) is 0. The van der Waals surface area contributed by atoms with Gasteiger partial charge in [0, 0.05) is 24.2 Å². The highest BCUT2D eigenvalue weighted by molar-refractivity contribution is 5.44. The Morgan fingerprint density at radius 2 is 2.17 bits per heavy atom. The van der Waals surface area contributed by atoms with E-state index >= 15 is 0 Å². The Labute approximate surface area is 107 Å². The van der Waals surface area contributed by atoms with Gasteiger partial charge in [-0.2, -0.15) is 0 Å². The molecule has 1 N–H and O–H groups in total. The highest BCUT2D eigenvalue weighted by atomic mass is 16.6. The lowest BCUT2D eigenvalue weighted by Gasteiger charge is -2.10. The maximum Gasteiger partial charge on any atom is 0.272 e. The Morgan fingerprint density at radius 3 is 2.78 bits per heavy atom. The largest absolute Gasteiger partial charge is 0.375 e. The first-order chi connectivity index (χ1) is 8.52. The zero-order chi connectivity index (χ0) is 13.5. The van der Waals surface area contributed by atoms with Gasteiger partial charge in [0.05, 0.1) is 18.1 Å². The summed E-state index contributed by atoms with van der Waals surface area (Å²) in [5.74, 6) is 0. The number of ether oxygens (including phenoxy) is 1. The van der Waals surface area contributed by atoms with Crippen molar-refractivity contribution in [2.24, 2.45) is 0 Å². The summed E-state index contributed by atoms with van der Waals surface area (Å²) in [5, 5.41) is 14.0. The van der Waals surface area contributed by atoms with Crippen LogP contribution in [0.4, 0.5) is 5.69 Å². The molecule has 0 unspecified atom stereocenters. The topological polar surface area (TPSA) is 64.4 Å². The van der Waals surface area contributed by atoms with Gasteiger partial charge < -0.3 is 10.1 Å². The van der Waals surface area contributed by atoms with E-state index in [1.54, 1.807) is 13.0 Å². The first-order valence-corrected chi connectivity index (χ1v) is 6.06. The van der Waals surface area contributed by atoms with E-state index in [1.807, 2.05) is 6.07 Å². The Morgan fingerprint density at radius 1 is 1.44 bits per heavy atom. The van der Waals surface area contributed by atoms with Gasteiger partial charge in [-0.1, -0.05) is 26.0 Å². The van der Waals surface area contributed by atoms with Crippen LogP contribution in [-0.4, -0.2) is 24.1 Å². The molecule has 100 valence electrons. The monoisotopic (exact) mass is 252 g/mol. The van der Waals surface area contributed by atoms with Crippen LogP contribution in [0.15, 0.2) is 18.2 Å². The lowest BCUT2D eigenvalue weighted by atomic mass is 10.1. The van der Waals surface area contributed by atoms with Crippen molar-refractivity contribution in [1.82, 2.24) is 5.32 Å². The zero-order valence-corrected chi connectivity index (χ0v) is 11.1. The molecule has 5 heteroatoms. The zero-order valence-electron chi connectivity index (χ0n) is 11.1. The minimum atomic E-state index is -0.362. The van der Waals surface area contributed by atoms with Gasteiger partial charge in [0.25, 0.3) is 5.69 Å². The van der Waals surface area contributed by atoms with Gasteiger partial charge >= 0.3 is 0 Å². The molecule has 0 aromatic heterocycles. The number of hydrogen-bond acceptors (Lipinski definition) is 4. The van der Waals surface area contributed by atoms with Crippen LogP contribution in [0.3, 0.4) is 0 Å². The van der Waals surface area contributed by atoms with E-state index in [1.165, 1.54) is 6.07 Å². The minimum absolute atomic E-state index is 0.149. The molecule has 0 radical (unpaired) electrons. The summed E-state index contributed by atoms with van der Waals surface area (Å²) in [7, 11) is 0. The molecule has 0 aliphatic heterocycles. The molecule has 0 spiro atoms. The molecule has 1 aromatic carbocycles. The highest BCUT2D eigenvalue weighted by Crippen LogP contribution is 2.21. The van der Waals surface area contributed by atoms with Gasteiger partial charge in [0.2, 0.25) is 0 Å². The molecule has 0 aliphatic carbocycles. The lowest BCUT2D eigenvalue weighted by Crippen LogP contribution is -2.26. The summed E-state index contributed by atoms with van der Waals surface area (Å²) in [5.41, 5.74) is 1.70. The molecule has 0 bridgehead atoms. The Kier molecular flexibility index (Phi) is 5.74. The summed E-state index contributed by atoms with van der Waals surface area (Å²) in [6.45, 7) is 7.69. The van der Waals surface area contributed by atoms with Gasteiger partial charge in [0.1, 0.15) is 0 Å². The second-order valence-electron chi connectivity index (χ2n) is 4.48. The molecule has 0 amide bonds. The third-order valence-corrected chi connectivity index (χ3v) is 2.67. The van der Waals surface area contributed by atoms with Crippen molar-refractivity contribution in [1.29, 1.82) is 0 Å². The van der Waals surface area contributed by atoms with Crippen LogP contribution in [0.5, 0.6) is 0 Å². The Balaban J connectivity index is 2.48. The van der Waals surface area contributed by atoms with Crippen LogP contribution in [-0.2, 0) is 11.3 Å². The van der Waals surface area contributed by atoms with Gasteiger partial charge in [0.15, 0.2) is 0 Å². The van der Waals surface area contributed by atoms with E-state index in [0.717, 1.165) is 12.1 Å². The second kappa shape index (κ2) is 7.08. The van der Waals surface area contributed by atoms with Crippen LogP contribution < -0.4 is 5.32 Å². The van der Waals surface area contributed by atoms with Crippen LogP contribution >= 0.6 is 0 Å². The fourth-order valence-electron chi connectivity index (χ4n) is 1.63. The quantitative estimate of drug-likeness (QED) is 0.460. The normalized spacial score (nSPS) is 10.9. The molecule has 5 nitrogen and oxygen atoms in total. The van der Waals surface area contributed by atoms with E-state index in [0.29, 0.717) is 24.8 Å². The molecule has 0 aliphatic rings. The standard InChI is InChI=1S/C13H20N2O3/c1-10(2)14-7-8-18-9-12-5-4-6-13(11(12)3)15(16)17/h4-6,10,14H,7-9H2,1-3H3. The van der Waals surface area contributed by atoms with Crippen LogP contribution in [0, 0.1) is 17.0 Å². The SMILES string of the molecule is Cc1c(COCCNC(C)C)cccc1[N+](=O)[O-]. The lowest BCUT2D eigenvalue weighted by molar-refractivity contribution is -0.385. The molecule has 0 fully saturated rings. The average Bonchev–Trinajstić information content (AvgIpc) is 2.30. The van der Waals surface area contributed by atoms with Crippen molar-refractivity contribution >= 4 is 5.69 Å². The number of nitro benzene ring substituents is 1. The predicted molar refractivity (Wildman–Crippen MR) is 70.6 cm³/mol. The van der Waals surface area contributed by atoms with Crippen LogP contribution in [0.2, 0.25) is 0 Å². The summed E-state index contributed by atoms with van der Waals surface area (Å²) >= 11 is 0. The number of nitro groups is 1. The van der Waals surface area contributed by atoms with Crippen molar-refractivity contribution in [3.63, 3.8) is 0 Å². The Hall–Kier alpha value is -1.46. The predicted octanol–water partition coefficient (Wildman–Crippen LogP) is 2.42. The maximum absolute atomic E-state index is 10.8. The number of benzene rings is 1. The van der Waals surface area contributed by atoms with E-state index in [2.05, 4.69) is 19.2 Å². The first kappa shape index (κ1) is 14.6. The molecular formula is C13H20N2O3. The summed E-state index contributed by atoms with van der Waals surface area (Å²) < 4.78 is 5.50. The number of hydrogen-bond donors (Lipinski definition) is 1. The van der Waals surface area contributed by atoms with E-state index in [9.17, 15) is 10.1 Å². The van der Waals surface area contributed by atoms with Crippen LogP contribution in [0.1, 0.15) is 25.0 Å². The van der Waals surface area contributed by atoms with Gasteiger partial charge in [-0.15, -0.1) is 0 Å². The third kappa shape index (κ3) is 4.43. The maximum atomic E-state index is 10.8. The summed E-state index contributed by atoms with van der Waals surface area (Å²) in [6, 6.07) is 5.50. The van der Waals surface area contributed by atoms with Crippen molar-refractivity contribution in [3.05, 3.63) is 39.4 Å². The van der Waals surface area contributed by atoms with Crippen molar-refractivity contribution < 1.29 is 9.66 Å². The molecule has 1 aromatic rings. The number of rotatable bonds is 7. The minimum Gasteiger partial charge on any atom is -0.375 e. The molecule has 1 rings (SSSR count). The second-order valence-corrected chi connectivity index (χ2v) is 4.48. The van der Waals surface area contributed by atoms with Crippen molar-refractivity contribution in [2.75, 3.05) is 13.2 Å². The molecular weight excluding hydrogens is 232 g/mol. The smallest absolute Gasteiger partial charge is 0.272 e. The fraction of sp³-hybridized carbons (Fsp3) is 0.538. The van der Waals surface area contributed by atoms with Crippen molar-refractivity contribution in [3.8, 4) is 0 Å². The molecule has 0 saturated heterocycles. The van der Waals surface area contributed by atoms with E-state index < -0.39 is 0 Å². The van der Waals surface area contributed by atoms with Crippen molar-refractivity contribution in [2.45, 2.75) is 33.4 Å². The average molecular weight is 252 g/mol. The van der Waals surface area contributed by atoms with E-state index in [-0.39, 0.29) is 10.6 Å². The summed E-state index contributed by atoms with van der Waals surface area (Å²) in [4.78, 5) is 10.4. The molecule has 0 atom stereocenters. The number of nitrogens with one attached hydrogen (secondary N) is 1. The highest BCUT2D eigenvalue weighted by Gasteiger charge is 2.12. The molecule has 0 saturated carbocycles. The number of nitrogens with zero attached hydrogens (tertiary/aromatic N) is 1. The third-order valence-electron chi connectivity index (χ3n) is 2.67.